The minimum absolute atomic E-state index is 0.0233. The van der Waals surface area contributed by atoms with E-state index >= 15 is 0 Å². The van der Waals surface area contributed by atoms with Gasteiger partial charge in [0.25, 0.3) is 0 Å². The fourth-order valence-electron chi connectivity index (χ4n) is 7.11. The summed E-state index contributed by atoms with van der Waals surface area (Å²) < 4.78 is 0. The number of carbonyl (C=O) groups is 12. The number of aliphatic hydroxyl groups is 3. The second-order valence-corrected chi connectivity index (χ2v) is 18.6. The van der Waals surface area contributed by atoms with E-state index in [4.69, 9.17) is 17.2 Å². The van der Waals surface area contributed by atoms with Crippen molar-refractivity contribution < 1.29 is 83.1 Å². The van der Waals surface area contributed by atoms with E-state index in [9.17, 15) is 83.1 Å². The van der Waals surface area contributed by atoms with Gasteiger partial charge in [-0.2, -0.15) is 0 Å². The summed E-state index contributed by atoms with van der Waals surface area (Å²) in [5.74, 6) is -13.8. The average molecular weight is 1110 g/mol. The number of aromatic nitrogens is 2. The summed E-state index contributed by atoms with van der Waals surface area (Å²) in [6.07, 6.45) is -2.07. The summed E-state index contributed by atoms with van der Waals surface area (Å²) in [7, 11) is 0. The van der Waals surface area contributed by atoms with Crippen LogP contribution in [0.4, 0.5) is 0 Å². The maximum Gasteiger partial charge on any atom is 0.326 e. The van der Waals surface area contributed by atoms with Crippen LogP contribution in [0, 0.1) is 0 Å². The third kappa shape index (κ3) is 23.0. The zero-order valence-corrected chi connectivity index (χ0v) is 43.4. The highest BCUT2D eigenvalue weighted by molar-refractivity contribution is 5.99. The molecule has 78 heavy (non-hydrogen) atoms. The third-order valence-electron chi connectivity index (χ3n) is 11.5. The Bertz CT molecular complexity index is 2390. The van der Waals surface area contributed by atoms with E-state index in [2.05, 4.69) is 52.5 Å². The molecule has 2 aromatic rings. The summed E-state index contributed by atoms with van der Waals surface area (Å²) in [6.45, 7) is 2.94. The first-order chi connectivity index (χ1) is 36.6. The van der Waals surface area contributed by atoms with Gasteiger partial charge in [-0.3, -0.25) is 52.7 Å². The molecule has 0 aliphatic rings. The highest BCUT2D eigenvalue weighted by Gasteiger charge is 2.38. The van der Waals surface area contributed by atoms with Gasteiger partial charge < -0.3 is 95.6 Å². The quantitative estimate of drug-likeness (QED) is 0.0285. The summed E-state index contributed by atoms with van der Waals surface area (Å²) in [6, 6.07) is -5.51. The molecule has 0 fully saturated rings. The van der Waals surface area contributed by atoms with Crippen LogP contribution in [0.5, 0.6) is 0 Å². The SMILES string of the molecule is C[C@@H](O)[C@H](NC(=O)CNC(=O)[C@H](CCC(N)=O)NC(=O)C(C)(C)NC(=O)[C@@H](N)Cc1c[nH]cn1)C(=O)N[C@@H](Cc1ccccc1)C(=O)N[C@H](C(=O)N[C@@H](CO)C(=O)N[C@@H](CC(=O)O)C(=O)N[C@@H](CCCCN)C(=O)O)[C@@H](C)O. The molecule has 1 aromatic heterocycles. The second kappa shape index (κ2) is 32.5. The van der Waals surface area contributed by atoms with Crippen molar-refractivity contribution in [2.75, 3.05) is 19.7 Å². The molecule has 0 saturated carbocycles. The molecule has 10 amide bonds. The molecule has 0 saturated heterocycles. The molecule has 21 N–H and O–H groups in total. The summed E-state index contributed by atoms with van der Waals surface area (Å²) >= 11 is 0. The minimum Gasteiger partial charge on any atom is -0.481 e. The number of rotatable bonds is 35. The fourth-order valence-corrected chi connectivity index (χ4v) is 7.11. The Morgan fingerprint density at radius 2 is 1.23 bits per heavy atom. The van der Waals surface area contributed by atoms with Crippen LogP contribution < -0.4 is 65.1 Å². The van der Waals surface area contributed by atoms with Crippen molar-refractivity contribution in [1.82, 2.24) is 57.8 Å². The Balaban J connectivity index is 2.24. The largest absolute Gasteiger partial charge is 0.481 e. The Morgan fingerprint density at radius 1 is 0.667 bits per heavy atom. The van der Waals surface area contributed by atoms with Gasteiger partial charge >= 0.3 is 11.9 Å². The zero-order chi connectivity index (χ0) is 58.9. The van der Waals surface area contributed by atoms with Crippen molar-refractivity contribution in [1.29, 1.82) is 0 Å². The van der Waals surface area contributed by atoms with Crippen LogP contribution in [0.15, 0.2) is 42.9 Å². The molecule has 1 heterocycles. The monoisotopic (exact) mass is 1100 g/mol. The molecule has 0 unspecified atom stereocenters. The Hall–Kier alpha value is -8.13. The number of unbranched alkanes of at least 4 members (excludes halogenated alkanes) is 1. The highest BCUT2D eigenvalue weighted by Crippen LogP contribution is 2.10. The number of carboxylic acids is 2. The van der Waals surface area contributed by atoms with Crippen molar-refractivity contribution in [2.45, 2.75) is 145 Å². The van der Waals surface area contributed by atoms with Crippen LogP contribution in [0.3, 0.4) is 0 Å². The normalized spacial score (nSPS) is 15.0. The lowest BCUT2D eigenvalue weighted by Gasteiger charge is -2.29. The smallest absolute Gasteiger partial charge is 0.326 e. The van der Waals surface area contributed by atoms with Gasteiger partial charge in [-0.25, -0.2) is 9.78 Å². The number of carboxylic acid groups (broad SMARTS) is 2. The van der Waals surface area contributed by atoms with Gasteiger partial charge in [0, 0.05) is 25.5 Å². The molecule has 0 spiro atoms. The topological polar surface area (TPSA) is 521 Å². The number of imidazole rings is 1. The average Bonchev–Trinajstić information content (AvgIpc) is 3.88. The number of primary amides is 1. The number of H-pyrrole nitrogens is 1. The van der Waals surface area contributed by atoms with Crippen molar-refractivity contribution in [3.63, 3.8) is 0 Å². The molecule has 0 bridgehead atoms. The lowest BCUT2D eigenvalue weighted by atomic mass is 10.0. The number of nitrogens with zero attached hydrogens (tertiary/aromatic N) is 1. The summed E-state index contributed by atoms with van der Waals surface area (Å²) in [5, 5.41) is 70.6. The molecule has 0 aliphatic heterocycles. The van der Waals surface area contributed by atoms with Gasteiger partial charge in [-0.15, -0.1) is 0 Å². The van der Waals surface area contributed by atoms with E-state index in [-0.39, 0.29) is 38.6 Å². The molecule has 31 nitrogen and oxygen atoms in total. The lowest BCUT2D eigenvalue weighted by Crippen LogP contribution is -2.63. The number of aliphatic carboxylic acids is 2. The number of amides is 10. The van der Waals surface area contributed by atoms with Crippen LogP contribution in [0.2, 0.25) is 0 Å². The molecule has 1 aromatic carbocycles. The lowest BCUT2D eigenvalue weighted by molar-refractivity contribution is -0.144. The van der Waals surface area contributed by atoms with E-state index in [0.29, 0.717) is 17.7 Å². The molecule has 0 radical (unpaired) electrons. The number of hydrogen-bond acceptors (Lipinski definition) is 18. The third-order valence-corrected chi connectivity index (χ3v) is 11.5. The number of nitrogens with one attached hydrogen (secondary N) is 10. The first kappa shape index (κ1) is 66.0. The Kier molecular flexibility index (Phi) is 27.5. The number of benzene rings is 1. The number of aliphatic hydroxyl groups excluding tert-OH is 3. The summed E-state index contributed by atoms with van der Waals surface area (Å²) in [4.78, 5) is 162. The molecule has 10 atom stereocenters. The number of hydrogen-bond donors (Lipinski definition) is 18. The van der Waals surface area contributed by atoms with E-state index in [1.54, 1.807) is 30.3 Å². The van der Waals surface area contributed by atoms with Crippen molar-refractivity contribution in [2.24, 2.45) is 17.2 Å². The Labute approximate surface area is 447 Å². The molecular formula is C47H72N14O17. The van der Waals surface area contributed by atoms with Gasteiger partial charge in [0.05, 0.1) is 49.8 Å². The fraction of sp³-hybridized carbons (Fsp3) is 0.553. The number of carbonyl (C=O) groups excluding carboxylic acids is 10. The highest BCUT2D eigenvalue weighted by atomic mass is 16.4. The van der Waals surface area contributed by atoms with Gasteiger partial charge in [0.2, 0.25) is 59.1 Å². The van der Waals surface area contributed by atoms with Gasteiger partial charge in [-0.1, -0.05) is 30.3 Å². The van der Waals surface area contributed by atoms with E-state index in [1.165, 1.54) is 26.4 Å². The van der Waals surface area contributed by atoms with Crippen molar-refractivity contribution in [3.8, 4) is 0 Å². The van der Waals surface area contributed by atoms with E-state index in [1.807, 2.05) is 5.32 Å². The van der Waals surface area contributed by atoms with E-state index in [0.717, 1.165) is 13.8 Å². The van der Waals surface area contributed by atoms with Gasteiger partial charge in [0.15, 0.2) is 0 Å². The van der Waals surface area contributed by atoms with Crippen LogP contribution in [0.1, 0.15) is 77.5 Å². The van der Waals surface area contributed by atoms with Crippen molar-refractivity contribution >= 4 is 71.0 Å². The molecule has 0 aliphatic carbocycles. The molecular weight excluding hydrogens is 1030 g/mol. The van der Waals surface area contributed by atoms with Crippen LogP contribution >= 0.6 is 0 Å². The zero-order valence-electron chi connectivity index (χ0n) is 43.4. The van der Waals surface area contributed by atoms with Gasteiger partial charge in [-0.05, 0) is 65.5 Å². The maximum atomic E-state index is 14.0. The first-order valence-electron chi connectivity index (χ1n) is 24.5. The van der Waals surface area contributed by atoms with Crippen LogP contribution in [0.25, 0.3) is 0 Å². The van der Waals surface area contributed by atoms with E-state index < -0.39 is 163 Å². The van der Waals surface area contributed by atoms with Crippen LogP contribution in [-0.4, -0.2) is 192 Å². The number of aromatic amines is 1. The number of nitrogens with two attached hydrogens (primary N) is 3. The van der Waals surface area contributed by atoms with Crippen molar-refractivity contribution in [3.05, 3.63) is 54.1 Å². The van der Waals surface area contributed by atoms with Crippen LogP contribution in [-0.2, 0) is 70.4 Å². The van der Waals surface area contributed by atoms with Gasteiger partial charge in [0.1, 0.15) is 47.8 Å². The standard InChI is InChI=1S/C47H72N14O17/c1-23(63)36(59-34(66)20-52-39(70)28(13-14-33(50)65)58-46(78)47(3,4)61-38(69)27(49)17-26-19-51-22-53-26)43(74)56-30(16-25-10-6-5-7-11-25)41(72)60-37(24(2)64)44(75)57-32(21-62)42(73)55-31(18-35(67)68)40(71)54-29(45(76)77)12-8-9-15-48/h5-7,10-11,19,22-24,27-32,36-37,62-64H,8-9,12-18,20-21,48-49H2,1-4H3,(H2,50,65)(H,51,53)(H,52,70)(H,54,71)(H,55,73)(H,56,74)(H,57,75)(H,58,78)(H,59,66)(H,60,72)(H,61,69)(H,67,68)(H,76,77)/t23-,24-,27+,28+,29+,30+,31+,32+,36+,37+/m1/s1. The predicted octanol–water partition coefficient (Wildman–Crippen LogP) is -7.37. The molecule has 2 rings (SSSR count). The maximum absolute atomic E-state index is 14.0. The summed E-state index contributed by atoms with van der Waals surface area (Å²) in [5.41, 5.74) is 15.9. The predicted molar refractivity (Wildman–Crippen MR) is 271 cm³/mol. The first-order valence-corrected chi connectivity index (χ1v) is 24.5. The molecule has 31 heteroatoms. The second-order valence-electron chi connectivity index (χ2n) is 18.6. The Morgan fingerprint density at radius 3 is 1.77 bits per heavy atom. The minimum atomic E-state index is -1.96. The molecule has 432 valence electrons.